The van der Waals surface area contributed by atoms with Crippen LogP contribution in [0.5, 0.6) is 0 Å². The van der Waals surface area contributed by atoms with Gasteiger partial charge in [-0.25, -0.2) is 5.43 Å². The zero-order valence-electron chi connectivity index (χ0n) is 3.08. The highest BCUT2D eigenvalue weighted by Gasteiger charge is 1.48. The van der Waals surface area contributed by atoms with Gasteiger partial charge in [-0.1, -0.05) is 6.42 Å². The summed E-state index contributed by atoms with van der Waals surface area (Å²) in [5.41, 5.74) is 4.92. The molecular weight excluding hydrogens is 64.0 g/mol. The predicted octanol–water partition coefficient (Wildman–Crippen LogP) is -0.699. The largest absolute Gasteiger partial charge is 0.281 e. The Morgan fingerprint density at radius 3 is 2.40 bits per heavy atom. The van der Waals surface area contributed by atoms with Crippen molar-refractivity contribution in [1.29, 1.82) is 0 Å². The maximum absolute atomic E-state index is 4.72. The van der Waals surface area contributed by atoms with Gasteiger partial charge in [0.05, 0.1) is 0 Å². The van der Waals surface area contributed by atoms with E-state index in [1.807, 2.05) is 0 Å². The summed E-state index contributed by atoms with van der Waals surface area (Å²) in [6.45, 7) is 0. The van der Waals surface area contributed by atoms with E-state index in [-0.39, 0.29) is 0 Å². The maximum Gasteiger partial charge on any atom is 0.0167 e. The Balaban J connectivity index is 2.48. The molecule has 0 heterocycles. The lowest BCUT2D eigenvalue weighted by Crippen LogP contribution is -2.20. The molecule has 2 heteroatoms. The minimum atomic E-state index is 1.71. The second-order valence-electron chi connectivity index (χ2n) is 0.519. The Morgan fingerprint density at radius 1 is 1.80 bits per heavy atom. The van der Waals surface area contributed by atoms with E-state index in [0.717, 1.165) is 0 Å². The van der Waals surface area contributed by atoms with Crippen LogP contribution in [0, 0.1) is 12.5 Å². The van der Waals surface area contributed by atoms with Crippen LogP contribution in [-0.4, -0.2) is 7.05 Å². The zero-order valence-corrected chi connectivity index (χ0v) is 3.08. The third-order valence-electron chi connectivity index (χ3n) is 0.197. The molecule has 0 rings (SSSR count). The Bertz CT molecular complexity index is 43.3. The zero-order chi connectivity index (χ0) is 4.12. The van der Waals surface area contributed by atoms with Crippen molar-refractivity contribution < 1.29 is 0 Å². The van der Waals surface area contributed by atoms with Gasteiger partial charge in [0.25, 0.3) is 0 Å². The predicted molar refractivity (Wildman–Crippen MR) is 21.0 cm³/mol. The molecular formula is C3H6N2. The van der Waals surface area contributed by atoms with Crippen LogP contribution in [0.2, 0.25) is 0 Å². The normalized spacial score (nSPS) is 5.60. The van der Waals surface area contributed by atoms with Gasteiger partial charge in [-0.05, 0) is 0 Å². The van der Waals surface area contributed by atoms with Crippen LogP contribution in [-0.2, 0) is 0 Å². The van der Waals surface area contributed by atoms with E-state index >= 15 is 0 Å². The number of hydrogen-bond acceptors (Lipinski definition) is 2. The van der Waals surface area contributed by atoms with Gasteiger partial charge < -0.3 is 0 Å². The average molecular weight is 70.1 g/mol. The molecule has 0 saturated carbocycles. The molecule has 2 nitrogen and oxygen atoms in total. The van der Waals surface area contributed by atoms with Crippen LogP contribution in [0.1, 0.15) is 0 Å². The summed E-state index contributed by atoms with van der Waals surface area (Å²) in [5, 5.41) is 0. The Hall–Kier alpha value is -0.680. The van der Waals surface area contributed by atoms with Gasteiger partial charge in [0, 0.05) is 13.1 Å². The quantitative estimate of drug-likeness (QED) is 0.242. The maximum atomic E-state index is 4.72. The van der Waals surface area contributed by atoms with E-state index in [1.54, 1.807) is 7.05 Å². The minimum absolute atomic E-state index is 1.71. The summed E-state index contributed by atoms with van der Waals surface area (Å²) in [6, 6.07) is 2.16. The molecule has 0 saturated heterocycles. The summed E-state index contributed by atoms with van der Waals surface area (Å²) in [5.74, 6) is 0. The molecule has 0 atom stereocenters. The van der Waals surface area contributed by atoms with Crippen LogP contribution in [0.25, 0.3) is 0 Å². The molecule has 2 N–H and O–H groups in total. The topological polar surface area (TPSA) is 24.1 Å². The monoisotopic (exact) mass is 70.1 g/mol. The van der Waals surface area contributed by atoms with Crippen molar-refractivity contribution in [2.75, 3.05) is 7.05 Å². The SMILES string of the molecule is C#CNNC. The summed E-state index contributed by atoms with van der Waals surface area (Å²) >= 11 is 0. The summed E-state index contributed by atoms with van der Waals surface area (Å²) in [7, 11) is 1.71. The fourth-order valence-corrected chi connectivity index (χ4v) is 0.0722. The van der Waals surface area contributed by atoms with Gasteiger partial charge in [0.1, 0.15) is 0 Å². The smallest absolute Gasteiger partial charge is 0.0167 e. The molecule has 0 aliphatic heterocycles. The van der Waals surface area contributed by atoms with Gasteiger partial charge in [0.15, 0.2) is 0 Å². The molecule has 0 amide bonds. The first-order valence-electron chi connectivity index (χ1n) is 1.29. The summed E-state index contributed by atoms with van der Waals surface area (Å²) in [6.07, 6.45) is 4.72. The molecule has 0 aromatic carbocycles. The third kappa shape index (κ3) is 3.32. The molecule has 0 aromatic rings. The van der Waals surface area contributed by atoms with Crippen LogP contribution in [0.15, 0.2) is 0 Å². The molecule has 0 aliphatic carbocycles. The van der Waals surface area contributed by atoms with Crippen molar-refractivity contribution in [3.05, 3.63) is 0 Å². The fourth-order valence-electron chi connectivity index (χ4n) is 0.0722. The van der Waals surface area contributed by atoms with E-state index in [2.05, 4.69) is 16.9 Å². The number of nitrogens with one attached hydrogen (secondary N) is 2. The standard InChI is InChI=1S/C3H6N2/c1-3-5-4-2/h1,4-5H,2H3. The lowest BCUT2D eigenvalue weighted by Gasteiger charge is -1.83. The molecule has 0 fully saturated rings. The fraction of sp³-hybridized carbons (Fsp3) is 0.333. The van der Waals surface area contributed by atoms with E-state index in [1.165, 1.54) is 0 Å². The highest BCUT2D eigenvalue weighted by molar-refractivity contribution is 4.75. The first-order chi connectivity index (χ1) is 2.41. The van der Waals surface area contributed by atoms with E-state index < -0.39 is 0 Å². The first kappa shape index (κ1) is 4.32. The van der Waals surface area contributed by atoms with Crippen molar-refractivity contribution in [2.24, 2.45) is 0 Å². The molecule has 0 radical (unpaired) electrons. The van der Waals surface area contributed by atoms with Crippen molar-refractivity contribution in [2.45, 2.75) is 0 Å². The number of hydrogen-bond donors (Lipinski definition) is 2. The average Bonchev–Trinajstić information content (AvgIpc) is 1.41. The van der Waals surface area contributed by atoms with E-state index in [9.17, 15) is 0 Å². The van der Waals surface area contributed by atoms with Crippen molar-refractivity contribution >= 4 is 0 Å². The lowest BCUT2D eigenvalue weighted by atomic mass is 11.2. The number of terminal acetylenes is 1. The van der Waals surface area contributed by atoms with Crippen molar-refractivity contribution in [1.82, 2.24) is 10.9 Å². The van der Waals surface area contributed by atoms with Crippen LogP contribution in [0.3, 0.4) is 0 Å². The van der Waals surface area contributed by atoms with Gasteiger partial charge in [-0.15, -0.1) is 0 Å². The first-order valence-corrected chi connectivity index (χ1v) is 1.29. The van der Waals surface area contributed by atoms with Crippen LogP contribution >= 0.6 is 0 Å². The molecule has 0 unspecified atom stereocenters. The van der Waals surface area contributed by atoms with Gasteiger partial charge in [-0.2, -0.15) is 0 Å². The third-order valence-corrected chi connectivity index (χ3v) is 0.197. The second-order valence-corrected chi connectivity index (χ2v) is 0.519. The summed E-state index contributed by atoms with van der Waals surface area (Å²) < 4.78 is 0. The van der Waals surface area contributed by atoms with Crippen LogP contribution in [0.4, 0.5) is 0 Å². The van der Waals surface area contributed by atoms with Crippen molar-refractivity contribution in [3.63, 3.8) is 0 Å². The Kier molecular flexibility index (Phi) is 2.87. The van der Waals surface area contributed by atoms with E-state index in [4.69, 9.17) is 6.42 Å². The molecule has 0 spiro atoms. The molecule has 0 aliphatic rings. The number of hydrazine groups is 1. The van der Waals surface area contributed by atoms with Crippen LogP contribution < -0.4 is 10.9 Å². The molecule has 0 bridgehead atoms. The second kappa shape index (κ2) is 3.32. The Morgan fingerprint density at radius 2 is 2.40 bits per heavy atom. The van der Waals surface area contributed by atoms with E-state index in [0.29, 0.717) is 0 Å². The molecule has 5 heavy (non-hydrogen) atoms. The molecule has 0 aromatic heterocycles. The van der Waals surface area contributed by atoms with Gasteiger partial charge >= 0.3 is 0 Å². The minimum Gasteiger partial charge on any atom is -0.281 e. The highest BCUT2D eigenvalue weighted by Crippen LogP contribution is 1.21. The number of rotatable bonds is 1. The van der Waals surface area contributed by atoms with Gasteiger partial charge in [0.2, 0.25) is 0 Å². The molecule has 28 valence electrons. The summed E-state index contributed by atoms with van der Waals surface area (Å²) in [4.78, 5) is 0. The van der Waals surface area contributed by atoms with Gasteiger partial charge in [-0.3, -0.25) is 5.43 Å². The lowest BCUT2D eigenvalue weighted by molar-refractivity contribution is 0.755. The van der Waals surface area contributed by atoms with Crippen molar-refractivity contribution in [3.8, 4) is 12.5 Å². The highest BCUT2D eigenvalue weighted by atomic mass is 15.3. The Labute approximate surface area is 31.5 Å².